The van der Waals surface area contributed by atoms with E-state index in [9.17, 15) is 18.8 Å². The lowest BCUT2D eigenvalue weighted by Gasteiger charge is -2.30. The number of carbonyl (C=O) groups excluding carboxylic acids is 3. The molecular weight excluding hydrogens is 403 g/mol. The van der Waals surface area contributed by atoms with Gasteiger partial charge < -0.3 is 15.1 Å². The Bertz CT molecular complexity index is 966. The van der Waals surface area contributed by atoms with E-state index in [1.165, 1.54) is 21.8 Å². The monoisotopic (exact) mass is 430 g/mol. The molecule has 1 fully saturated rings. The molecule has 1 aromatic heterocycles. The summed E-state index contributed by atoms with van der Waals surface area (Å²) in [6.45, 7) is 2.83. The Morgan fingerprint density at radius 2 is 1.94 bits per heavy atom. The third-order valence-electron chi connectivity index (χ3n) is 5.41. The van der Waals surface area contributed by atoms with Gasteiger partial charge in [0.25, 0.3) is 5.91 Å². The SMILES string of the molecule is Cc1ccc(CNC(=O)C2CCN(C(=O)c3cn(CC(=O)N(C)C)nn3)CC2)cc1F. The van der Waals surface area contributed by atoms with Gasteiger partial charge in [-0.15, -0.1) is 5.10 Å². The van der Waals surface area contributed by atoms with Crippen molar-refractivity contribution in [3.05, 3.63) is 47.0 Å². The van der Waals surface area contributed by atoms with Crippen LogP contribution in [0.5, 0.6) is 0 Å². The number of carbonyl (C=O) groups is 3. The van der Waals surface area contributed by atoms with Crippen LogP contribution in [-0.2, 0) is 22.7 Å². The van der Waals surface area contributed by atoms with Crippen molar-refractivity contribution >= 4 is 17.7 Å². The van der Waals surface area contributed by atoms with Crippen molar-refractivity contribution in [2.75, 3.05) is 27.2 Å². The van der Waals surface area contributed by atoms with Crippen LogP contribution in [0.4, 0.5) is 4.39 Å². The second-order valence-corrected chi connectivity index (χ2v) is 7.96. The Morgan fingerprint density at radius 1 is 1.23 bits per heavy atom. The van der Waals surface area contributed by atoms with Crippen LogP contribution < -0.4 is 5.32 Å². The number of benzene rings is 1. The smallest absolute Gasteiger partial charge is 0.276 e. The number of likely N-dealkylation sites (tertiary alicyclic amines) is 1. The van der Waals surface area contributed by atoms with Crippen LogP contribution in [0.1, 0.15) is 34.5 Å². The molecule has 2 heterocycles. The molecule has 3 rings (SSSR count). The number of hydrogen-bond acceptors (Lipinski definition) is 5. The van der Waals surface area contributed by atoms with Gasteiger partial charge in [0.05, 0.1) is 6.20 Å². The van der Waals surface area contributed by atoms with Gasteiger partial charge in [0.15, 0.2) is 5.69 Å². The zero-order valence-electron chi connectivity index (χ0n) is 18.0. The maximum Gasteiger partial charge on any atom is 0.276 e. The van der Waals surface area contributed by atoms with Crippen molar-refractivity contribution < 1.29 is 18.8 Å². The number of hydrogen-bond donors (Lipinski definition) is 1. The normalized spacial score (nSPS) is 14.4. The van der Waals surface area contributed by atoms with Crippen LogP contribution in [0, 0.1) is 18.7 Å². The van der Waals surface area contributed by atoms with Crippen molar-refractivity contribution in [1.82, 2.24) is 30.1 Å². The van der Waals surface area contributed by atoms with Crippen LogP contribution >= 0.6 is 0 Å². The lowest BCUT2D eigenvalue weighted by molar-refractivity contribution is -0.129. The highest BCUT2D eigenvalue weighted by atomic mass is 19.1. The van der Waals surface area contributed by atoms with Crippen LogP contribution in [0.3, 0.4) is 0 Å². The highest BCUT2D eigenvalue weighted by molar-refractivity contribution is 5.92. The summed E-state index contributed by atoms with van der Waals surface area (Å²) in [4.78, 5) is 40.0. The van der Waals surface area contributed by atoms with Crippen LogP contribution in [0.15, 0.2) is 24.4 Å². The van der Waals surface area contributed by atoms with Gasteiger partial charge in [0, 0.05) is 39.6 Å². The van der Waals surface area contributed by atoms with Crippen molar-refractivity contribution in [1.29, 1.82) is 0 Å². The van der Waals surface area contributed by atoms with Gasteiger partial charge in [0.1, 0.15) is 12.4 Å². The summed E-state index contributed by atoms with van der Waals surface area (Å²) >= 11 is 0. The van der Waals surface area contributed by atoms with Gasteiger partial charge in [0.2, 0.25) is 11.8 Å². The summed E-state index contributed by atoms with van der Waals surface area (Å²) in [6.07, 6.45) is 2.53. The number of likely N-dealkylation sites (N-methyl/N-ethyl adjacent to an activating group) is 1. The topological polar surface area (TPSA) is 100 Å². The molecule has 10 heteroatoms. The summed E-state index contributed by atoms with van der Waals surface area (Å²) in [6, 6.07) is 4.91. The van der Waals surface area contributed by atoms with Crippen molar-refractivity contribution in [3.63, 3.8) is 0 Å². The van der Waals surface area contributed by atoms with E-state index in [-0.39, 0.29) is 48.2 Å². The molecule has 9 nitrogen and oxygen atoms in total. The third kappa shape index (κ3) is 5.65. The highest BCUT2D eigenvalue weighted by Gasteiger charge is 2.29. The van der Waals surface area contributed by atoms with Crippen LogP contribution in [0.25, 0.3) is 0 Å². The van der Waals surface area contributed by atoms with Crippen LogP contribution in [0.2, 0.25) is 0 Å². The Labute approximate surface area is 180 Å². The molecule has 0 atom stereocenters. The predicted octanol–water partition coefficient (Wildman–Crippen LogP) is 0.982. The van der Waals surface area contributed by atoms with E-state index in [0.717, 1.165) is 0 Å². The molecule has 1 aliphatic heterocycles. The molecule has 1 N–H and O–H groups in total. The lowest BCUT2D eigenvalue weighted by atomic mass is 9.95. The first-order valence-electron chi connectivity index (χ1n) is 10.2. The third-order valence-corrected chi connectivity index (χ3v) is 5.41. The molecular formula is C21H27FN6O3. The minimum atomic E-state index is -0.290. The lowest BCUT2D eigenvalue weighted by Crippen LogP contribution is -2.43. The number of aryl methyl sites for hydroxylation is 1. The van der Waals surface area contributed by atoms with Crippen LogP contribution in [-0.4, -0.2) is 69.7 Å². The molecule has 0 aliphatic carbocycles. The molecule has 31 heavy (non-hydrogen) atoms. The Morgan fingerprint density at radius 3 is 2.58 bits per heavy atom. The van der Waals surface area contributed by atoms with Gasteiger partial charge >= 0.3 is 0 Å². The predicted molar refractivity (Wildman–Crippen MR) is 110 cm³/mol. The Balaban J connectivity index is 1.48. The number of piperidine rings is 1. The molecule has 1 aromatic carbocycles. The Hall–Kier alpha value is -3.30. The number of halogens is 1. The minimum absolute atomic E-state index is 0.0143. The second-order valence-electron chi connectivity index (χ2n) is 7.96. The van der Waals surface area contributed by atoms with Crippen molar-refractivity contribution in [3.8, 4) is 0 Å². The number of aromatic nitrogens is 3. The van der Waals surface area contributed by atoms with Gasteiger partial charge in [-0.3, -0.25) is 14.4 Å². The molecule has 166 valence electrons. The number of nitrogens with one attached hydrogen (secondary N) is 1. The Kier molecular flexibility index (Phi) is 6.98. The maximum absolute atomic E-state index is 13.6. The van der Waals surface area contributed by atoms with Gasteiger partial charge in [-0.1, -0.05) is 17.3 Å². The van der Waals surface area contributed by atoms with Gasteiger partial charge in [-0.25, -0.2) is 9.07 Å². The second kappa shape index (κ2) is 9.67. The summed E-state index contributed by atoms with van der Waals surface area (Å²) in [7, 11) is 3.29. The van der Waals surface area contributed by atoms with E-state index in [2.05, 4.69) is 15.6 Å². The average Bonchev–Trinajstić information content (AvgIpc) is 3.22. The molecule has 0 radical (unpaired) electrons. The summed E-state index contributed by atoms with van der Waals surface area (Å²) in [5, 5.41) is 10.6. The summed E-state index contributed by atoms with van der Waals surface area (Å²) in [5.41, 5.74) is 1.45. The van der Waals surface area contributed by atoms with Crippen molar-refractivity contribution in [2.24, 2.45) is 5.92 Å². The van der Waals surface area contributed by atoms with Gasteiger partial charge in [-0.2, -0.15) is 0 Å². The molecule has 1 saturated heterocycles. The summed E-state index contributed by atoms with van der Waals surface area (Å²) < 4.78 is 15.0. The minimum Gasteiger partial charge on any atom is -0.352 e. The largest absolute Gasteiger partial charge is 0.352 e. The van der Waals surface area contributed by atoms with Crippen molar-refractivity contribution in [2.45, 2.75) is 32.9 Å². The summed E-state index contributed by atoms with van der Waals surface area (Å²) in [5.74, 6) is -1.00. The quantitative estimate of drug-likeness (QED) is 0.737. The van der Waals surface area contributed by atoms with E-state index in [4.69, 9.17) is 0 Å². The molecule has 3 amide bonds. The highest BCUT2D eigenvalue weighted by Crippen LogP contribution is 2.19. The first-order valence-corrected chi connectivity index (χ1v) is 10.2. The van der Waals surface area contributed by atoms with E-state index >= 15 is 0 Å². The van der Waals surface area contributed by atoms with Gasteiger partial charge in [-0.05, 0) is 37.0 Å². The molecule has 2 aromatic rings. The zero-order chi connectivity index (χ0) is 22.5. The van der Waals surface area contributed by atoms with E-state index in [1.54, 1.807) is 38.1 Å². The fourth-order valence-electron chi connectivity index (χ4n) is 3.34. The van der Waals surface area contributed by atoms with E-state index in [0.29, 0.717) is 37.1 Å². The number of nitrogens with zero attached hydrogens (tertiary/aromatic N) is 5. The fourth-order valence-corrected chi connectivity index (χ4v) is 3.34. The van der Waals surface area contributed by atoms with E-state index < -0.39 is 0 Å². The molecule has 0 spiro atoms. The standard InChI is InChI=1S/C21H27FN6O3/c1-14-4-5-15(10-17(14)22)11-23-20(30)16-6-8-27(9-7-16)21(31)18-12-28(25-24-18)13-19(29)26(2)3/h4-5,10,12,16H,6-9,11,13H2,1-3H3,(H,23,30). The van der Waals surface area contributed by atoms with E-state index in [1.807, 2.05) is 0 Å². The average molecular weight is 430 g/mol. The first kappa shape index (κ1) is 22.4. The number of rotatable bonds is 6. The molecule has 0 unspecified atom stereocenters. The fraction of sp³-hybridized carbons (Fsp3) is 0.476. The number of amides is 3. The molecule has 0 bridgehead atoms. The molecule has 1 aliphatic rings. The molecule has 0 saturated carbocycles. The first-order chi connectivity index (χ1) is 14.7. The zero-order valence-corrected chi connectivity index (χ0v) is 18.0. The maximum atomic E-state index is 13.6.